The van der Waals surface area contributed by atoms with E-state index in [1.54, 1.807) is 12.1 Å². The second kappa shape index (κ2) is 7.79. The molecule has 0 saturated carbocycles. The number of nitrogens with one attached hydrogen (secondary N) is 2. The summed E-state index contributed by atoms with van der Waals surface area (Å²) in [5.74, 6) is 1.32. The summed E-state index contributed by atoms with van der Waals surface area (Å²) in [5, 5.41) is 14.9. The molecule has 0 amide bonds. The van der Waals surface area contributed by atoms with Crippen LogP contribution in [-0.2, 0) is 6.54 Å². The summed E-state index contributed by atoms with van der Waals surface area (Å²) in [6, 6.07) is 10.0. The topological polar surface area (TPSA) is 57.4 Å². The van der Waals surface area contributed by atoms with Gasteiger partial charge in [0.25, 0.3) is 0 Å². The Hall–Kier alpha value is -1.69. The molecule has 2 rings (SSSR count). The molecule has 0 fully saturated rings. The summed E-state index contributed by atoms with van der Waals surface area (Å²) < 4.78 is 18.5. The van der Waals surface area contributed by atoms with Crippen LogP contribution in [0.25, 0.3) is 11.3 Å². The molecule has 1 aromatic carbocycles. The number of benzene rings is 1. The maximum atomic E-state index is 12.8. The van der Waals surface area contributed by atoms with Gasteiger partial charge in [-0.2, -0.15) is 0 Å². The molecule has 0 aliphatic rings. The summed E-state index contributed by atoms with van der Waals surface area (Å²) in [6.07, 6.45) is 0. The first-order chi connectivity index (χ1) is 9.79. The van der Waals surface area contributed by atoms with Crippen molar-refractivity contribution in [1.82, 2.24) is 10.6 Å². The predicted octanol–water partition coefficient (Wildman–Crippen LogP) is 1.76. The SMILES string of the molecule is OCCNCCNCc1ccc(-c2ccc(F)cc2)o1. The predicted molar refractivity (Wildman–Crippen MR) is 75.8 cm³/mol. The van der Waals surface area contributed by atoms with Crippen molar-refractivity contribution < 1.29 is 13.9 Å². The Morgan fingerprint density at radius 2 is 1.70 bits per heavy atom. The van der Waals surface area contributed by atoms with Gasteiger partial charge in [-0.1, -0.05) is 0 Å². The summed E-state index contributed by atoms with van der Waals surface area (Å²) >= 11 is 0. The zero-order valence-electron chi connectivity index (χ0n) is 11.2. The molecule has 0 unspecified atom stereocenters. The molecular formula is C15H19FN2O2. The van der Waals surface area contributed by atoms with Crippen molar-refractivity contribution in [1.29, 1.82) is 0 Å². The van der Waals surface area contributed by atoms with E-state index in [2.05, 4.69) is 10.6 Å². The summed E-state index contributed by atoms with van der Waals surface area (Å²) in [7, 11) is 0. The van der Waals surface area contributed by atoms with E-state index in [0.717, 1.165) is 30.2 Å². The molecular weight excluding hydrogens is 259 g/mol. The molecule has 2 aromatic rings. The van der Waals surface area contributed by atoms with Crippen molar-refractivity contribution in [3.05, 3.63) is 48.0 Å². The molecule has 0 spiro atoms. The molecule has 3 N–H and O–H groups in total. The lowest BCUT2D eigenvalue weighted by atomic mass is 10.2. The van der Waals surface area contributed by atoms with Crippen LogP contribution in [0.3, 0.4) is 0 Å². The van der Waals surface area contributed by atoms with Crippen molar-refractivity contribution in [3.8, 4) is 11.3 Å². The van der Waals surface area contributed by atoms with E-state index >= 15 is 0 Å². The van der Waals surface area contributed by atoms with Crippen LogP contribution < -0.4 is 10.6 Å². The fraction of sp³-hybridized carbons (Fsp3) is 0.333. The Labute approximate surface area is 117 Å². The van der Waals surface area contributed by atoms with E-state index in [9.17, 15) is 4.39 Å². The lowest BCUT2D eigenvalue weighted by Crippen LogP contribution is -2.28. The van der Waals surface area contributed by atoms with Crippen molar-refractivity contribution in [3.63, 3.8) is 0 Å². The van der Waals surface area contributed by atoms with Gasteiger partial charge < -0.3 is 20.2 Å². The molecule has 20 heavy (non-hydrogen) atoms. The van der Waals surface area contributed by atoms with Crippen LogP contribution >= 0.6 is 0 Å². The highest BCUT2D eigenvalue weighted by Gasteiger charge is 2.04. The first kappa shape index (κ1) is 14.7. The van der Waals surface area contributed by atoms with Gasteiger partial charge in [0.2, 0.25) is 0 Å². The second-order valence-corrected chi connectivity index (χ2v) is 4.42. The number of halogens is 1. The van der Waals surface area contributed by atoms with E-state index in [0.29, 0.717) is 13.1 Å². The standard InChI is InChI=1S/C15H19FN2O2/c16-13-3-1-12(2-4-13)15-6-5-14(20-15)11-18-8-7-17-9-10-19/h1-6,17-19H,7-11H2. The highest BCUT2D eigenvalue weighted by Crippen LogP contribution is 2.22. The largest absolute Gasteiger partial charge is 0.460 e. The van der Waals surface area contributed by atoms with Gasteiger partial charge in [-0.05, 0) is 36.4 Å². The van der Waals surface area contributed by atoms with Gasteiger partial charge in [-0.25, -0.2) is 4.39 Å². The fourth-order valence-corrected chi connectivity index (χ4v) is 1.83. The van der Waals surface area contributed by atoms with Gasteiger partial charge in [-0.15, -0.1) is 0 Å². The molecule has 4 nitrogen and oxygen atoms in total. The Morgan fingerprint density at radius 1 is 0.950 bits per heavy atom. The first-order valence-corrected chi connectivity index (χ1v) is 6.66. The molecule has 0 bridgehead atoms. The van der Waals surface area contributed by atoms with Gasteiger partial charge in [0.1, 0.15) is 17.3 Å². The van der Waals surface area contributed by atoms with Gasteiger partial charge in [0.15, 0.2) is 0 Å². The zero-order valence-corrected chi connectivity index (χ0v) is 11.2. The van der Waals surface area contributed by atoms with Crippen LogP contribution in [0.15, 0.2) is 40.8 Å². The molecule has 5 heteroatoms. The number of hydrogen-bond acceptors (Lipinski definition) is 4. The molecule has 0 atom stereocenters. The lowest BCUT2D eigenvalue weighted by Gasteiger charge is -2.03. The minimum absolute atomic E-state index is 0.152. The number of aliphatic hydroxyl groups excluding tert-OH is 1. The van der Waals surface area contributed by atoms with E-state index in [4.69, 9.17) is 9.52 Å². The fourth-order valence-electron chi connectivity index (χ4n) is 1.83. The Kier molecular flexibility index (Phi) is 5.73. The smallest absolute Gasteiger partial charge is 0.134 e. The maximum Gasteiger partial charge on any atom is 0.134 e. The normalized spacial score (nSPS) is 10.9. The maximum absolute atomic E-state index is 12.8. The van der Waals surface area contributed by atoms with Crippen LogP contribution in [0, 0.1) is 5.82 Å². The minimum atomic E-state index is -0.252. The van der Waals surface area contributed by atoms with E-state index in [-0.39, 0.29) is 12.4 Å². The monoisotopic (exact) mass is 278 g/mol. The van der Waals surface area contributed by atoms with Crippen LogP contribution in [-0.4, -0.2) is 31.3 Å². The van der Waals surface area contributed by atoms with E-state index in [1.807, 2.05) is 12.1 Å². The minimum Gasteiger partial charge on any atom is -0.460 e. The van der Waals surface area contributed by atoms with Gasteiger partial charge in [-0.3, -0.25) is 0 Å². The van der Waals surface area contributed by atoms with Crippen molar-refractivity contribution in [2.45, 2.75) is 6.54 Å². The molecule has 0 radical (unpaired) electrons. The highest BCUT2D eigenvalue weighted by atomic mass is 19.1. The Balaban J connectivity index is 1.79. The number of rotatable bonds is 8. The number of hydrogen-bond donors (Lipinski definition) is 3. The third-order valence-corrected chi connectivity index (χ3v) is 2.86. The molecule has 1 heterocycles. The average molecular weight is 278 g/mol. The summed E-state index contributed by atoms with van der Waals surface area (Å²) in [5.41, 5.74) is 0.863. The quantitative estimate of drug-likeness (QED) is 0.644. The average Bonchev–Trinajstić information content (AvgIpc) is 2.92. The molecule has 108 valence electrons. The third kappa shape index (κ3) is 4.45. The van der Waals surface area contributed by atoms with Crippen molar-refractivity contribution in [2.75, 3.05) is 26.2 Å². The van der Waals surface area contributed by atoms with Crippen molar-refractivity contribution >= 4 is 0 Å². The molecule has 0 saturated heterocycles. The van der Waals surface area contributed by atoms with Gasteiger partial charge in [0.05, 0.1) is 13.2 Å². The van der Waals surface area contributed by atoms with Gasteiger partial charge >= 0.3 is 0 Å². The van der Waals surface area contributed by atoms with Crippen LogP contribution in [0.5, 0.6) is 0 Å². The van der Waals surface area contributed by atoms with E-state index < -0.39 is 0 Å². The summed E-state index contributed by atoms with van der Waals surface area (Å²) in [6.45, 7) is 3.00. The molecule has 0 aliphatic heterocycles. The third-order valence-electron chi connectivity index (χ3n) is 2.86. The molecule has 1 aromatic heterocycles. The molecule has 0 aliphatic carbocycles. The first-order valence-electron chi connectivity index (χ1n) is 6.66. The number of aliphatic hydroxyl groups is 1. The van der Waals surface area contributed by atoms with E-state index in [1.165, 1.54) is 12.1 Å². The summed E-state index contributed by atoms with van der Waals surface area (Å²) in [4.78, 5) is 0. The van der Waals surface area contributed by atoms with Crippen LogP contribution in [0.2, 0.25) is 0 Å². The number of furan rings is 1. The Bertz CT molecular complexity index is 511. The van der Waals surface area contributed by atoms with Crippen molar-refractivity contribution in [2.24, 2.45) is 0 Å². The highest BCUT2D eigenvalue weighted by molar-refractivity contribution is 5.57. The van der Waals surface area contributed by atoms with Crippen LogP contribution in [0.1, 0.15) is 5.76 Å². The second-order valence-electron chi connectivity index (χ2n) is 4.42. The lowest BCUT2D eigenvalue weighted by molar-refractivity contribution is 0.292. The zero-order chi connectivity index (χ0) is 14.2. The Morgan fingerprint density at radius 3 is 2.45 bits per heavy atom. The van der Waals surface area contributed by atoms with Crippen LogP contribution in [0.4, 0.5) is 4.39 Å². The van der Waals surface area contributed by atoms with Gasteiger partial charge in [0, 0.05) is 25.2 Å².